The molecule has 0 radical (unpaired) electrons. The number of hydrogen-bond donors (Lipinski definition) is 0. The number of fused-ring (bicyclic) bond motifs is 1. The van der Waals surface area contributed by atoms with Gasteiger partial charge in [0.25, 0.3) is 5.91 Å². The third-order valence-corrected chi connectivity index (χ3v) is 7.82. The van der Waals surface area contributed by atoms with E-state index in [0.29, 0.717) is 32.4 Å². The summed E-state index contributed by atoms with van der Waals surface area (Å²) in [6, 6.07) is 16.8. The van der Waals surface area contributed by atoms with Crippen molar-refractivity contribution in [2.24, 2.45) is 0 Å². The molecule has 2 aliphatic rings. The van der Waals surface area contributed by atoms with E-state index in [4.69, 9.17) is 9.47 Å². The molecular formula is C28H33N3O3S. The molecule has 6 nitrogen and oxygen atoms in total. The van der Waals surface area contributed by atoms with Crippen molar-refractivity contribution in [3.63, 3.8) is 0 Å². The van der Waals surface area contributed by atoms with E-state index in [9.17, 15) is 4.79 Å². The van der Waals surface area contributed by atoms with Crippen LogP contribution in [0.3, 0.4) is 0 Å². The molecule has 3 aromatic rings. The van der Waals surface area contributed by atoms with Gasteiger partial charge in [0.05, 0.1) is 30.0 Å². The predicted octanol–water partition coefficient (Wildman–Crippen LogP) is 4.98. The quantitative estimate of drug-likeness (QED) is 0.487. The molecule has 0 unspecified atom stereocenters. The second kappa shape index (κ2) is 10.9. The van der Waals surface area contributed by atoms with Crippen LogP contribution in [0.25, 0.3) is 0 Å². The van der Waals surface area contributed by atoms with Crippen molar-refractivity contribution in [1.82, 2.24) is 14.8 Å². The highest BCUT2D eigenvalue weighted by molar-refractivity contribution is 7.13. The number of thiazole rings is 1. The van der Waals surface area contributed by atoms with Gasteiger partial charge in [0.2, 0.25) is 0 Å². The van der Waals surface area contributed by atoms with Crippen molar-refractivity contribution >= 4 is 17.2 Å². The lowest BCUT2D eigenvalue weighted by atomic mass is 10.0. The van der Waals surface area contributed by atoms with E-state index >= 15 is 0 Å². The average Bonchev–Trinajstić information content (AvgIpc) is 3.08. The van der Waals surface area contributed by atoms with E-state index in [1.807, 2.05) is 24.8 Å². The molecule has 1 fully saturated rings. The maximum atomic E-state index is 13.2. The van der Waals surface area contributed by atoms with E-state index in [-0.39, 0.29) is 5.91 Å². The number of ether oxygens (including phenoxy) is 2. The summed E-state index contributed by atoms with van der Waals surface area (Å²) in [6.07, 6.45) is 2.43. The SMILES string of the molecule is Cc1nc(C)c(C(=O)N2CCOc3ccc(CN4CCC(OCc5ccccc5)CC4)cc3C2)s1. The molecule has 3 heterocycles. The van der Waals surface area contributed by atoms with Gasteiger partial charge in [0.15, 0.2) is 0 Å². The molecule has 0 N–H and O–H groups in total. The number of piperidine rings is 1. The second-order valence-corrected chi connectivity index (χ2v) is 10.6. The van der Waals surface area contributed by atoms with Crippen LogP contribution in [-0.4, -0.2) is 53.0 Å². The largest absolute Gasteiger partial charge is 0.491 e. The Balaban J connectivity index is 1.17. The van der Waals surface area contributed by atoms with Gasteiger partial charge >= 0.3 is 0 Å². The van der Waals surface area contributed by atoms with Crippen LogP contribution in [0.1, 0.15) is 49.9 Å². The summed E-state index contributed by atoms with van der Waals surface area (Å²) < 4.78 is 12.1. The van der Waals surface area contributed by atoms with E-state index in [1.165, 1.54) is 22.5 Å². The zero-order valence-electron chi connectivity index (χ0n) is 20.5. The van der Waals surface area contributed by atoms with Crippen LogP contribution in [-0.2, 0) is 24.4 Å². The summed E-state index contributed by atoms with van der Waals surface area (Å²) in [7, 11) is 0. The number of aryl methyl sites for hydroxylation is 2. The molecule has 0 spiro atoms. The van der Waals surface area contributed by atoms with Gasteiger partial charge in [-0.15, -0.1) is 11.3 Å². The van der Waals surface area contributed by atoms with Gasteiger partial charge in [-0.1, -0.05) is 36.4 Å². The van der Waals surface area contributed by atoms with Gasteiger partial charge in [-0.2, -0.15) is 0 Å². The van der Waals surface area contributed by atoms with E-state index < -0.39 is 0 Å². The van der Waals surface area contributed by atoms with E-state index in [0.717, 1.165) is 59.4 Å². The van der Waals surface area contributed by atoms with Crippen molar-refractivity contribution in [3.05, 3.63) is 80.8 Å². The Morgan fingerprint density at radius 1 is 1.09 bits per heavy atom. The first kappa shape index (κ1) is 24.0. The molecule has 35 heavy (non-hydrogen) atoms. The van der Waals surface area contributed by atoms with Crippen LogP contribution >= 0.6 is 11.3 Å². The molecule has 0 aliphatic carbocycles. The van der Waals surface area contributed by atoms with Crippen molar-refractivity contribution in [2.75, 3.05) is 26.2 Å². The van der Waals surface area contributed by atoms with Crippen LogP contribution in [0.2, 0.25) is 0 Å². The summed E-state index contributed by atoms with van der Waals surface area (Å²) in [5.74, 6) is 0.932. The number of hydrogen-bond acceptors (Lipinski definition) is 6. The minimum absolute atomic E-state index is 0.0486. The van der Waals surface area contributed by atoms with Gasteiger partial charge < -0.3 is 14.4 Å². The van der Waals surface area contributed by atoms with Crippen molar-refractivity contribution in [1.29, 1.82) is 0 Å². The number of carbonyl (C=O) groups excluding carboxylic acids is 1. The van der Waals surface area contributed by atoms with Gasteiger partial charge in [0.1, 0.15) is 17.2 Å². The molecule has 2 aliphatic heterocycles. The molecule has 7 heteroatoms. The highest BCUT2D eigenvalue weighted by Gasteiger charge is 2.25. The topological polar surface area (TPSA) is 54.9 Å². The third kappa shape index (κ3) is 5.92. The smallest absolute Gasteiger partial charge is 0.266 e. The molecule has 1 amide bonds. The number of nitrogens with zero attached hydrogens (tertiary/aromatic N) is 3. The Kier molecular flexibility index (Phi) is 7.46. The summed E-state index contributed by atoms with van der Waals surface area (Å²) in [5, 5.41) is 0.925. The highest BCUT2D eigenvalue weighted by atomic mass is 32.1. The number of benzene rings is 2. The first-order valence-electron chi connectivity index (χ1n) is 12.4. The standard InChI is InChI=1S/C28H33N3O3S/c1-20-27(35-21(2)29-20)28(32)31-14-15-33-26-9-8-23(16-24(26)18-31)17-30-12-10-25(11-13-30)34-19-22-6-4-3-5-7-22/h3-9,16,25H,10-15,17-19H2,1-2H3. The molecule has 184 valence electrons. The predicted molar refractivity (Wildman–Crippen MR) is 138 cm³/mol. The number of aromatic nitrogens is 1. The minimum atomic E-state index is 0.0486. The van der Waals surface area contributed by atoms with Gasteiger partial charge in [-0.05, 0) is 49.9 Å². The average molecular weight is 492 g/mol. The number of likely N-dealkylation sites (tertiary alicyclic amines) is 1. The van der Waals surface area contributed by atoms with Crippen molar-refractivity contribution in [2.45, 2.75) is 52.5 Å². The fraction of sp³-hybridized carbons (Fsp3) is 0.429. The van der Waals surface area contributed by atoms with Gasteiger partial charge in [-0.3, -0.25) is 9.69 Å². The molecular weight excluding hydrogens is 458 g/mol. The van der Waals surface area contributed by atoms with Crippen LogP contribution in [0.5, 0.6) is 5.75 Å². The normalized spacial score (nSPS) is 17.0. The number of amides is 1. The summed E-state index contributed by atoms with van der Waals surface area (Å²) in [5.41, 5.74) is 4.38. The van der Waals surface area contributed by atoms with E-state index in [1.54, 1.807) is 0 Å². The van der Waals surface area contributed by atoms with Crippen LogP contribution < -0.4 is 4.74 Å². The Labute approximate surface area is 211 Å². The molecule has 1 saturated heterocycles. The molecule has 5 rings (SSSR count). The van der Waals surface area contributed by atoms with Crippen LogP contribution in [0.4, 0.5) is 0 Å². The van der Waals surface area contributed by atoms with Crippen molar-refractivity contribution in [3.8, 4) is 5.75 Å². The fourth-order valence-electron chi connectivity index (χ4n) is 4.87. The Morgan fingerprint density at radius 3 is 2.63 bits per heavy atom. The monoisotopic (exact) mass is 491 g/mol. The lowest BCUT2D eigenvalue weighted by molar-refractivity contribution is -0.00394. The zero-order chi connectivity index (χ0) is 24.2. The fourth-order valence-corrected chi connectivity index (χ4v) is 5.76. The number of carbonyl (C=O) groups is 1. The minimum Gasteiger partial charge on any atom is -0.491 e. The summed E-state index contributed by atoms with van der Waals surface area (Å²) in [6.45, 7) is 9.15. The molecule has 0 saturated carbocycles. The lowest BCUT2D eigenvalue weighted by Gasteiger charge is -2.32. The Hall–Kier alpha value is -2.74. The maximum Gasteiger partial charge on any atom is 0.266 e. The van der Waals surface area contributed by atoms with Crippen LogP contribution in [0.15, 0.2) is 48.5 Å². The maximum absolute atomic E-state index is 13.2. The first-order chi connectivity index (χ1) is 17.0. The van der Waals surface area contributed by atoms with Gasteiger partial charge in [0, 0.05) is 31.7 Å². The Bertz CT molecular complexity index is 1160. The lowest BCUT2D eigenvalue weighted by Crippen LogP contribution is -2.36. The second-order valence-electron chi connectivity index (χ2n) is 9.44. The zero-order valence-corrected chi connectivity index (χ0v) is 21.4. The summed E-state index contributed by atoms with van der Waals surface area (Å²) in [4.78, 5) is 22.7. The summed E-state index contributed by atoms with van der Waals surface area (Å²) >= 11 is 1.47. The molecule has 1 aromatic heterocycles. The molecule has 0 bridgehead atoms. The molecule has 0 atom stereocenters. The van der Waals surface area contributed by atoms with Crippen LogP contribution in [0, 0.1) is 13.8 Å². The van der Waals surface area contributed by atoms with E-state index in [2.05, 4.69) is 52.3 Å². The Morgan fingerprint density at radius 2 is 1.89 bits per heavy atom. The molecule has 2 aromatic carbocycles. The first-order valence-corrected chi connectivity index (χ1v) is 13.2. The van der Waals surface area contributed by atoms with Crippen molar-refractivity contribution < 1.29 is 14.3 Å². The van der Waals surface area contributed by atoms with Gasteiger partial charge in [-0.25, -0.2) is 4.98 Å². The third-order valence-electron chi connectivity index (χ3n) is 6.76. The number of rotatable bonds is 6. The highest BCUT2D eigenvalue weighted by Crippen LogP contribution is 2.28.